The van der Waals surface area contributed by atoms with Crippen molar-refractivity contribution < 1.29 is 4.79 Å². The molecular weight excluding hydrogens is 226 g/mol. The van der Waals surface area contributed by atoms with Gasteiger partial charge >= 0.3 is 0 Å². The largest absolute Gasteiger partial charge is 0.370 e. The Bertz CT molecular complexity index is 233. The molecule has 0 spiro atoms. The number of unbranched alkanes of at least 4 members (excludes halogenated alkanes) is 3. The van der Waals surface area contributed by atoms with Crippen molar-refractivity contribution >= 4 is 14.1 Å². The van der Waals surface area contributed by atoms with Crippen molar-refractivity contribution in [3.8, 4) is 0 Å². The molecule has 0 saturated heterocycles. The van der Waals surface area contributed by atoms with Gasteiger partial charge in [-0.25, -0.2) is 0 Å². The number of rotatable bonds is 9. The van der Waals surface area contributed by atoms with Gasteiger partial charge in [-0.3, -0.25) is 4.79 Å². The molecular formula is C14H29NOSi. The van der Waals surface area contributed by atoms with E-state index in [4.69, 9.17) is 0 Å². The molecule has 0 N–H and O–H groups in total. The lowest BCUT2D eigenvalue weighted by atomic mass is 10.2. The zero-order valence-electron chi connectivity index (χ0n) is 12.1. The highest BCUT2D eigenvalue weighted by atomic mass is 28.3. The summed E-state index contributed by atoms with van der Waals surface area (Å²) in [6.07, 6.45) is 8.03. The Morgan fingerprint density at radius 3 is 2.35 bits per heavy atom. The van der Waals surface area contributed by atoms with E-state index in [0.717, 1.165) is 38.6 Å². The molecule has 0 heterocycles. The predicted octanol–water partition coefficient (Wildman–Crippen LogP) is 4.20. The first-order valence-corrected chi connectivity index (χ1v) is 10.3. The minimum absolute atomic E-state index is 0.363. The lowest BCUT2D eigenvalue weighted by Gasteiger charge is -2.34. The van der Waals surface area contributed by atoms with E-state index in [-0.39, 0.29) is 0 Å². The average molecular weight is 255 g/mol. The van der Waals surface area contributed by atoms with Crippen molar-refractivity contribution in [2.45, 2.75) is 65.1 Å². The summed E-state index contributed by atoms with van der Waals surface area (Å²) < 4.78 is 2.17. The minimum Gasteiger partial charge on any atom is -0.370 e. The maximum atomic E-state index is 12.2. The number of carbonyl (C=O) groups is 1. The fourth-order valence-corrected chi connectivity index (χ4v) is 3.54. The Balaban J connectivity index is 4.18. The molecule has 2 nitrogen and oxygen atoms in total. The second kappa shape index (κ2) is 8.51. The number of carbonyl (C=O) groups excluding carboxylic acids is 1. The molecule has 0 atom stereocenters. The van der Waals surface area contributed by atoms with Crippen LogP contribution in [-0.2, 0) is 4.79 Å². The van der Waals surface area contributed by atoms with Crippen LogP contribution in [0.2, 0.25) is 19.6 Å². The zero-order valence-corrected chi connectivity index (χ0v) is 13.1. The topological polar surface area (TPSA) is 20.3 Å². The van der Waals surface area contributed by atoms with Crippen LogP contribution in [0.3, 0.4) is 0 Å². The monoisotopic (exact) mass is 255 g/mol. The summed E-state index contributed by atoms with van der Waals surface area (Å²) in [5.41, 5.74) is 0. The summed E-state index contributed by atoms with van der Waals surface area (Å²) in [6.45, 7) is 13.6. The fraction of sp³-hybridized carbons (Fsp3) is 0.786. The fourth-order valence-electron chi connectivity index (χ4n) is 1.85. The minimum atomic E-state index is -1.49. The Morgan fingerprint density at radius 1 is 1.24 bits per heavy atom. The summed E-state index contributed by atoms with van der Waals surface area (Å²) in [5, 5.41) is 0. The molecule has 0 unspecified atom stereocenters. The molecule has 17 heavy (non-hydrogen) atoms. The number of amides is 1. The summed E-state index contributed by atoms with van der Waals surface area (Å²) in [6, 6.07) is 0. The van der Waals surface area contributed by atoms with Crippen LogP contribution in [0.5, 0.6) is 0 Å². The van der Waals surface area contributed by atoms with Gasteiger partial charge in [0.1, 0.15) is 0 Å². The second-order valence-corrected chi connectivity index (χ2v) is 10.5. The Hall–Kier alpha value is -0.573. The van der Waals surface area contributed by atoms with E-state index in [1.807, 2.05) is 6.08 Å². The first-order chi connectivity index (χ1) is 7.93. The Labute approximate surface area is 108 Å². The molecule has 0 aliphatic rings. The van der Waals surface area contributed by atoms with Crippen LogP contribution in [0.15, 0.2) is 12.7 Å². The van der Waals surface area contributed by atoms with E-state index in [1.165, 1.54) is 0 Å². The molecule has 0 fully saturated rings. The smallest absolute Gasteiger partial charge is 0.214 e. The highest BCUT2D eigenvalue weighted by Crippen LogP contribution is 2.14. The predicted molar refractivity (Wildman–Crippen MR) is 78.6 cm³/mol. The van der Waals surface area contributed by atoms with E-state index < -0.39 is 8.24 Å². The van der Waals surface area contributed by atoms with Gasteiger partial charge in [0.25, 0.3) is 0 Å². The lowest BCUT2D eigenvalue weighted by Crippen LogP contribution is -2.50. The normalized spacial score (nSPS) is 11.3. The van der Waals surface area contributed by atoms with Crippen LogP contribution in [0, 0.1) is 0 Å². The molecule has 0 bridgehead atoms. The van der Waals surface area contributed by atoms with Gasteiger partial charge in [-0.2, -0.15) is 0 Å². The molecule has 0 aromatic rings. The zero-order chi connectivity index (χ0) is 13.3. The maximum Gasteiger partial charge on any atom is 0.214 e. The van der Waals surface area contributed by atoms with Gasteiger partial charge in [-0.05, 0) is 25.7 Å². The molecule has 3 heteroatoms. The number of allylic oxidation sites excluding steroid dienone is 1. The highest BCUT2D eigenvalue weighted by molar-refractivity contribution is 6.75. The van der Waals surface area contributed by atoms with Crippen molar-refractivity contribution in [2.75, 3.05) is 6.54 Å². The Morgan fingerprint density at radius 2 is 1.88 bits per heavy atom. The van der Waals surface area contributed by atoms with Gasteiger partial charge in [0.2, 0.25) is 5.91 Å². The van der Waals surface area contributed by atoms with Crippen LogP contribution < -0.4 is 0 Å². The second-order valence-electron chi connectivity index (χ2n) is 5.60. The molecule has 0 aliphatic heterocycles. The standard InChI is InChI=1S/C14H29NOSi/c1-6-8-10-11-12-14(16)15(13-9-7-2)17(3,4)5/h6H,1,7-13H2,2-5H3. The van der Waals surface area contributed by atoms with Crippen molar-refractivity contribution in [2.24, 2.45) is 0 Å². The van der Waals surface area contributed by atoms with Crippen LogP contribution in [0.25, 0.3) is 0 Å². The molecule has 1 amide bonds. The van der Waals surface area contributed by atoms with E-state index in [1.54, 1.807) is 0 Å². The van der Waals surface area contributed by atoms with Gasteiger partial charge in [0, 0.05) is 13.0 Å². The SMILES string of the molecule is C=CCCCCC(=O)N(CCCC)[Si](C)(C)C. The van der Waals surface area contributed by atoms with Crippen LogP contribution >= 0.6 is 0 Å². The molecule has 0 aromatic heterocycles. The van der Waals surface area contributed by atoms with Crippen molar-refractivity contribution in [1.82, 2.24) is 4.57 Å². The van der Waals surface area contributed by atoms with E-state index in [9.17, 15) is 4.79 Å². The summed E-state index contributed by atoms with van der Waals surface area (Å²) >= 11 is 0. The van der Waals surface area contributed by atoms with Crippen molar-refractivity contribution in [3.63, 3.8) is 0 Å². The first-order valence-electron chi connectivity index (χ1n) is 6.84. The van der Waals surface area contributed by atoms with Crippen LogP contribution in [0.1, 0.15) is 45.4 Å². The lowest BCUT2D eigenvalue weighted by molar-refractivity contribution is -0.127. The quantitative estimate of drug-likeness (QED) is 0.343. The first kappa shape index (κ1) is 16.4. The van der Waals surface area contributed by atoms with E-state index in [2.05, 4.69) is 37.7 Å². The third kappa shape index (κ3) is 7.37. The van der Waals surface area contributed by atoms with Crippen molar-refractivity contribution in [1.29, 1.82) is 0 Å². The molecule has 100 valence electrons. The van der Waals surface area contributed by atoms with E-state index >= 15 is 0 Å². The molecule has 0 aromatic carbocycles. The maximum absolute atomic E-state index is 12.2. The third-order valence-corrected chi connectivity index (χ3v) is 4.99. The van der Waals surface area contributed by atoms with Crippen LogP contribution in [-0.4, -0.2) is 25.3 Å². The van der Waals surface area contributed by atoms with Gasteiger partial charge < -0.3 is 4.57 Å². The van der Waals surface area contributed by atoms with Gasteiger partial charge in [-0.15, -0.1) is 6.58 Å². The molecule has 0 radical (unpaired) electrons. The van der Waals surface area contributed by atoms with Gasteiger partial charge in [0.05, 0.1) is 0 Å². The number of hydrogen-bond acceptors (Lipinski definition) is 1. The molecule has 0 rings (SSSR count). The number of hydrogen-bond donors (Lipinski definition) is 0. The third-order valence-electron chi connectivity index (χ3n) is 2.89. The van der Waals surface area contributed by atoms with E-state index in [0.29, 0.717) is 12.3 Å². The highest BCUT2D eigenvalue weighted by Gasteiger charge is 2.27. The summed E-state index contributed by atoms with van der Waals surface area (Å²) in [5.74, 6) is 0.363. The summed E-state index contributed by atoms with van der Waals surface area (Å²) in [4.78, 5) is 12.2. The van der Waals surface area contributed by atoms with Crippen LogP contribution in [0.4, 0.5) is 0 Å². The average Bonchev–Trinajstić information content (AvgIpc) is 2.23. The van der Waals surface area contributed by atoms with Gasteiger partial charge in [0.15, 0.2) is 8.24 Å². The Kier molecular flexibility index (Phi) is 8.22. The molecule has 0 saturated carbocycles. The molecule has 0 aliphatic carbocycles. The number of nitrogens with zero attached hydrogens (tertiary/aromatic N) is 1. The summed E-state index contributed by atoms with van der Waals surface area (Å²) in [7, 11) is -1.49. The van der Waals surface area contributed by atoms with Gasteiger partial charge in [-0.1, -0.05) is 39.1 Å². The van der Waals surface area contributed by atoms with Crippen molar-refractivity contribution in [3.05, 3.63) is 12.7 Å².